The monoisotopic (exact) mass is 132 g/mol. The van der Waals surface area contributed by atoms with Crippen LogP contribution in [0.4, 0.5) is 0 Å². The predicted octanol–water partition coefficient (Wildman–Crippen LogP) is -1.50. The minimum absolute atomic E-state index is 0.0324. The van der Waals surface area contributed by atoms with E-state index in [1.54, 1.807) is 0 Å². The highest BCUT2D eigenvalue weighted by molar-refractivity contribution is 4.72. The van der Waals surface area contributed by atoms with E-state index in [1.165, 1.54) is 0 Å². The van der Waals surface area contributed by atoms with Crippen molar-refractivity contribution in [1.29, 1.82) is 0 Å². The van der Waals surface area contributed by atoms with E-state index in [0.717, 1.165) is 6.42 Å². The molecule has 0 aliphatic carbocycles. The summed E-state index contributed by atoms with van der Waals surface area (Å²) >= 11 is 0. The molecular formula is C5H16N4. The first-order valence-electron chi connectivity index (χ1n) is 3.12. The summed E-state index contributed by atoms with van der Waals surface area (Å²) in [6.45, 7) is 1.96. The number of rotatable bonds is 3. The van der Waals surface area contributed by atoms with Crippen molar-refractivity contribution in [3.8, 4) is 0 Å². The van der Waals surface area contributed by atoms with Gasteiger partial charge in [0.25, 0.3) is 0 Å². The van der Waals surface area contributed by atoms with Crippen LogP contribution in [0.3, 0.4) is 0 Å². The molecule has 0 saturated heterocycles. The third kappa shape index (κ3) is 2.76. The lowest BCUT2D eigenvalue weighted by atomic mass is 10.0. The van der Waals surface area contributed by atoms with Gasteiger partial charge in [-0.15, -0.1) is 0 Å². The van der Waals surface area contributed by atoms with E-state index in [-0.39, 0.29) is 5.92 Å². The van der Waals surface area contributed by atoms with Gasteiger partial charge in [-0.1, -0.05) is 6.92 Å². The van der Waals surface area contributed by atoms with Gasteiger partial charge < -0.3 is 22.9 Å². The summed E-state index contributed by atoms with van der Waals surface area (Å²) in [6, 6.07) is 0. The van der Waals surface area contributed by atoms with Crippen molar-refractivity contribution in [2.75, 3.05) is 0 Å². The third-order valence-electron chi connectivity index (χ3n) is 1.46. The van der Waals surface area contributed by atoms with E-state index < -0.39 is 12.3 Å². The summed E-state index contributed by atoms with van der Waals surface area (Å²) in [7, 11) is 0. The molecule has 0 rings (SSSR count). The van der Waals surface area contributed by atoms with Crippen LogP contribution in [-0.4, -0.2) is 12.3 Å². The average molecular weight is 132 g/mol. The van der Waals surface area contributed by atoms with Gasteiger partial charge in [0.15, 0.2) is 0 Å². The second kappa shape index (κ2) is 3.79. The summed E-state index contributed by atoms with van der Waals surface area (Å²) in [4.78, 5) is 0. The minimum Gasteiger partial charge on any atom is -0.316 e. The van der Waals surface area contributed by atoms with Gasteiger partial charge in [0.05, 0.1) is 12.3 Å². The molecule has 56 valence electrons. The fraction of sp³-hybridized carbons (Fsp3) is 1.00. The molecule has 0 unspecified atom stereocenters. The van der Waals surface area contributed by atoms with Crippen LogP contribution in [0.2, 0.25) is 0 Å². The predicted molar refractivity (Wildman–Crippen MR) is 38.1 cm³/mol. The Bertz CT molecular complexity index is 63.4. The van der Waals surface area contributed by atoms with Crippen molar-refractivity contribution < 1.29 is 0 Å². The standard InChI is InChI=1S/C5H16N4/c1-2-3(4(6)7)5(8)9/h3-5H,2,6-9H2,1H3. The normalized spacial score (nSPS) is 12.0. The van der Waals surface area contributed by atoms with E-state index in [1.807, 2.05) is 6.92 Å². The van der Waals surface area contributed by atoms with Crippen molar-refractivity contribution in [3.05, 3.63) is 0 Å². The molecule has 0 spiro atoms. The summed E-state index contributed by atoms with van der Waals surface area (Å²) in [5.41, 5.74) is 21.5. The Balaban J connectivity index is 3.68. The fourth-order valence-corrected chi connectivity index (χ4v) is 0.801. The Morgan fingerprint density at radius 3 is 1.33 bits per heavy atom. The van der Waals surface area contributed by atoms with E-state index in [0.29, 0.717) is 0 Å². The van der Waals surface area contributed by atoms with Gasteiger partial charge in [-0.3, -0.25) is 0 Å². The van der Waals surface area contributed by atoms with Crippen LogP contribution in [0.15, 0.2) is 0 Å². The number of nitrogens with two attached hydrogens (primary N) is 4. The number of hydrogen-bond donors (Lipinski definition) is 4. The summed E-state index contributed by atoms with van der Waals surface area (Å²) in [6.07, 6.45) is 0.0417. The van der Waals surface area contributed by atoms with Gasteiger partial charge in [0.1, 0.15) is 0 Å². The second-order valence-electron chi connectivity index (χ2n) is 2.23. The maximum atomic E-state index is 5.37. The van der Waals surface area contributed by atoms with Crippen LogP contribution in [0.25, 0.3) is 0 Å². The van der Waals surface area contributed by atoms with Crippen LogP contribution in [0, 0.1) is 5.92 Å². The summed E-state index contributed by atoms with van der Waals surface area (Å²) in [5, 5.41) is 0. The van der Waals surface area contributed by atoms with Crippen molar-refractivity contribution in [2.45, 2.75) is 25.7 Å². The molecule has 8 N–H and O–H groups in total. The smallest absolute Gasteiger partial charge is 0.0577 e. The van der Waals surface area contributed by atoms with Crippen molar-refractivity contribution >= 4 is 0 Å². The Hall–Kier alpha value is -0.160. The largest absolute Gasteiger partial charge is 0.316 e. The molecule has 0 bridgehead atoms. The van der Waals surface area contributed by atoms with E-state index in [9.17, 15) is 0 Å². The van der Waals surface area contributed by atoms with E-state index in [4.69, 9.17) is 22.9 Å². The van der Waals surface area contributed by atoms with E-state index >= 15 is 0 Å². The van der Waals surface area contributed by atoms with Crippen LogP contribution in [0.1, 0.15) is 13.3 Å². The lowest BCUT2D eigenvalue weighted by Crippen LogP contribution is -2.51. The molecule has 9 heavy (non-hydrogen) atoms. The Kier molecular flexibility index (Phi) is 3.72. The molecule has 0 aromatic carbocycles. The van der Waals surface area contributed by atoms with Crippen LogP contribution >= 0.6 is 0 Å². The van der Waals surface area contributed by atoms with Gasteiger partial charge in [0, 0.05) is 5.92 Å². The highest BCUT2D eigenvalue weighted by Gasteiger charge is 2.15. The molecule has 0 atom stereocenters. The fourth-order valence-electron chi connectivity index (χ4n) is 0.801. The van der Waals surface area contributed by atoms with E-state index in [2.05, 4.69) is 0 Å². The lowest BCUT2D eigenvalue weighted by molar-refractivity contribution is 0.349. The molecule has 0 radical (unpaired) electrons. The van der Waals surface area contributed by atoms with Crippen molar-refractivity contribution in [3.63, 3.8) is 0 Å². The first kappa shape index (κ1) is 8.84. The molecule has 0 aromatic heterocycles. The molecule has 0 aromatic rings. The van der Waals surface area contributed by atoms with Crippen LogP contribution in [0.5, 0.6) is 0 Å². The topological polar surface area (TPSA) is 104 Å². The van der Waals surface area contributed by atoms with Gasteiger partial charge in [-0.2, -0.15) is 0 Å². The maximum Gasteiger partial charge on any atom is 0.0577 e. The summed E-state index contributed by atoms with van der Waals surface area (Å²) < 4.78 is 0. The van der Waals surface area contributed by atoms with Crippen molar-refractivity contribution in [2.24, 2.45) is 28.9 Å². The van der Waals surface area contributed by atoms with Gasteiger partial charge in [-0.05, 0) is 6.42 Å². The van der Waals surface area contributed by atoms with Gasteiger partial charge >= 0.3 is 0 Å². The van der Waals surface area contributed by atoms with Gasteiger partial charge in [-0.25, -0.2) is 0 Å². The molecule has 0 aliphatic rings. The SMILES string of the molecule is CCC(C(N)N)C(N)N. The minimum atomic E-state index is -0.394. The van der Waals surface area contributed by atoms with Crippen molar-refractivity contribution in [1.82, 2.24) is 0 Å². The van der Waals surface area contributed by atoms with Crippen LogP contribution in [-0.2, 0) is 0 Å². The Labute approximate surface area is 55.6 Å². The Morgan fingerprint density at radius 2 is 1.33 bits per heavy atom. The first-order chi connectivity index (χ1) is 4.09. The second-order valence-corrected chi connectivity index (χ2v) is 2.23. The molecule has 4 nitrogen and oxygen atoms in total. The highest BCUT2D eigenvalue weighted by Crippen LogP contribution is 2.02. The highest BCUT2D eigenvalue weighted by atomic mass is 14.9. The lowest BCUT2D eigenvalue weighted by Gasteiger charge is -2.21. The Morgan fingerprint density at radius 1 is 1.00 bits per heavy atom. The van der Waals surface area contributed by atoms with Crippen LogP contribution < -0.4 is 22.9 Å². The molecular weight excluding hydrogens is 116 g/mol. The molecule has 0 fully saturated rings. The third-order valence-corrected chi connectivity index (χ3v) is 1.46. The zero-order chi connectivity index (χ0) is 7.44. The molecule has 0 amide bonds. The number of hydrogen-bond acceptors (Lipinski definition) is 4. The molecule has 0 heterocycles. The zero-order valence-electron chi connectivity index (χ0n) is 5.75. The maximum absolute atomic E-state index is 5.37. The van der Waals surface area contributed by atoms with Gasteiger partial charge in [0.2, 0.25) is 0 Å². The first-order valence-corrected chi connectivity index (χ1v) is 3.12. The molecule has 0 saturated carbocycles. The average Bonchev–Trinajstić information content (AvgIpc) is 1.64. The molecule has 4 heteroatoms. The summed E-state index contributed by atoms with van der Waals surface area (Å²) in [5.74, 6) is 0.0324. The molecule has 0 aliphatic heterocycles. The zero-order valence-corrected chi connectivity index (χ0v) is 5.75. The quantitative estimate of drug-likeness (QED) is 0.351.